The molecular weight excluding hydrogens is 266 g/mol. The fourth-order valence-corrected chi connectivity index (χ4v) is 2.41. The van der Waals surface area contributed by atoms with E-state index in [1.54, 1.807) is 24.3 Å². The maximum Gasteiger partial charge on any atom is 0.329 e. The van der Waals surface area contributed by atoms with Gasteiger partial charge in [0.2, 0.25) is 5.91 Å². The summed E-state index contributed by atoms with van der Waals surface area (Å²) in [6.45, 7) is 1.34. The zero-order chi connectivity index (χ0) is 13.8. The molecule has 2 rings (SSSR count). The number of anilines is 1. The van der Waals surface area contributed by atoms with Gasteiger partial charge in [0.25, 0.3) is 0 Å². The molecule has 0 aliphatic heterocycles. The van der Waals surface area contributed by atoms with E-state index in [1.165, 1.54) is 6.92 Å². The largest absolute Gasteiger partial charge is 0.329 e. The summed E-state index contributed by atoms with van der Waals surface area (Å²) in [7, 11) is 0. The number of hydrogen-bond donors (Lipinski definition) is 1. The van der Waals surface area contributed by atoms with Crippen LogP contribution in [0.15, 0.2) is 35.5 Å². The number of nitrogens with one attached hydrogen (secondary N) is 1. The van der Waals surface area contributed by atoms with Gasteiger partial charge in [-0.1, -0.05) is 41.7 Å². The number of carbonyl (C=O) groups excluding carboxylic acids is 2. The van der Waals surface area contributed by atoms with Crippen LogP contribution in [0.1, 0.15) is 16.6 Å². The van der Waals surface area contributed by atoms with Gasteiger partial charge in [-0.15, -0.1) is 4.91 Å². The van der Waals surface area contributed by atoms with Crippen molar-refractivity contribution in [1.29, 1.82) is 0 Å². The number of nitroso groups, excluding NO2 is 1. The third kappa shape index (κ3) is 2.89. The molecule has 7 heteroatoms. The van der Waals surface area contributed by atoms with Crippen molar-refractivity contribution in [3.8, 4) is 11.3 Å². The Hall–Kier alpha value is -2.41. The van der Waals surface area contributed by atoms with E-state index in [1.807, 2.05) is 6.07 Å². The summed E-state index contributed by atoms with van der Waals surface area (Å²) in [5.74, 6) is -1.20. The second-order valence-corrected chi connectivity index (χ2v) is 4.64. The maximum atomic E-state index is 11.5. The lowest BCUT2D eigenvalue weighted by Crippen LogP contribution is -2.04. The standard InChI is InChI=1S/C12H9N3O3S/c1-7(16)13-12-14-9(8-5-3-2-4-6-8)10(19-12)11(17)15-18/h2-6H,1H3,(H,13,14,16). The number of hydrogen-bond acceptors (Lipinski definition) is 5. The van der Waals surface area contributed by atoms with Crippen molar-refractivity contribution >= 4 is 28.3 Å². The maximum absolute atomic E-state index is 11.5. The lowest BCUT2D eigenvalue weighted by atomic mass is 10.1. The summed E-state index contributed by atoms with van der Waals surface area (Å²) in [6.07, 6.45) is 0. The minimum atomic E-state index is -0.895. The number of aromatic nitrogens is 1. The number of carbonyl (C=O) groups is 2. The van der Waals surface area contributed by atoms with Crippen LogP contribution >= 0.6 is 11.3 Å². The van der Waals surface area contributed by atoms with Crippen LogP contribution in [0.3, 0.4) is 0 Å². The molecule has 0 atom stereocenters. The molecule has 0 fully saturated rings. The molecule has 1 aromatic carbocycles. The summed E-state index contributed by atoms with van der Waals surface area (Å²) < 4.78 is 0. The van der Waals surface area contributed by atoms with E-state index in [4.69, 9.17) is 0 Å². The first-order valence-corrected chi connectivity index (χ1v) is 6.15. The Morgan fingerprint density at radius 3 is 2.53 bits per heavy atom. The average Bonchev–Trinajstić information content (AvgIpc) is 2.82. The van der Waals surface area contributed by atoms with Crippen molar-refractivity contribution in [3.05, 3.63) is 40.1 Å². The van der Waals surface area contributed by atoms with Crippen LogP contribution in [0.5, 0.6) is 0 Å². The molecule has 1 aromatic heterocycles. The van der Waals surface area contributed by atoms with Crippen LogP contribution in [-0.4, -0.2) is 16.8 Å². The fraction of sp³-hybridized carbons (Fsp3) is 0.0833. The topological polar surface area (TPSA) is 88.5 Å². The van der Waals surface area contributed by atoms with Crippen molar-refractivity contribution < 1.29 is 9.59 Å². The molecule has 0 aliphatic rings. The van der Waals surface area contributed by atoms with Crippen LogP contribution in [-0.2, 0) is 4.79 Å². The highest BCUT2D eigenvalue weighted by atomic mass is 32.1. The fourth-order valence-electron chi connectivity index (χ4n) is 1.50. The molecule has 0 unspecified atom stereocenters. The van der Waals surface area contributed by atoms with E-state index in [-0.39, 0.29) is 15.9 Å². The first-order chi connectivity index (χ1) is 9.11. The molecule has 0 aliphatic carbocycles. The molecule has 1 N–H and O–H groups in total. The Balaban J connectivity index is 2.51. The van der Waals surface area contributed by atoms with E-state index in [2.05, 4.69) is 15.5 Å². The van der Waals surface area contributed by atoms with Gasteiger partial charge >= 0.3 is 5.91 Å². The molecule has 2 amide bonds. The molecule has 0 saturated carbocycles. The highest BCUT2D eigenvalue weighted by Crippen LogP contribution is 2.31. The highest BCUT2D eigenvalue weighted by Gasteiger charge is 2.20. The van der Waals surface area contributed by atoms with Gasteiger partial charge in [0.05, 0.1) is 5.69 Å². The van der Waals surface area contributed by atoms with Crippen LogP contribution in [0.2, 0.25) is 0 Å². The van der Waals surface area contributed by atoms with Gasteiger partial charge in [-0.05, 0) is 0 Å². The van der Waals surface area contributed by atoms with Crippen molar-refractivity contribution in [2.24, 2.45) is 5.18 Å². The predicted octanol–water partition coefficient (Wildman–Crippen LogP) is 2.68. The van der Waals surface area contributed by atoms with E-state index < -0.39 is 5.91 Å². The third-order valence-corrected chi connectivity index (χ3v) is 3.19. The van der Waals surface area contributed by atoms with Gasteiger partial charge in [-0.2, -0.15) is 0 Å². The number of rotatable bonds is 3. The lowest BCUT2D eigenvalue weighted by Gasteiger charge is -1.97. The first kappa shape index (κ1) is 13.0. The second-order valence-electron chi connectivity index (χ2n) is 3.64. The SMILES string of the molecule is CC(=O)Nc1nc(-c2ccccc2)c(C(=O)N=O)s1. The molecule has 2 aromatic rings. The zero-order valence-corrected chi connectivity index (χ0v) is 10.7. The van der Waals surface area contributed by atoms with Gasteiger partial charge in [-0.3, -0.25) is 9.59 Å². The summed E-state index contributed by atoms with van der Waals surface area (Å²) >= 11 is 0.929. The lowest BCUT2D eigenvalue weighted by molar-refractivity contribution is -0.114. The van der Waals surface area contributed by atoms with Crippen LogP contribution in [0, 0.1) is 4.91 Å². The summed E-state index contributed by atoms with van der Waals surface area (Å²) in [4.78, 5) is 37.2. The van der Waals surface area contributed by atoms with Gasteiger partial charge in [-0.25, -0.2) is 4.98 Å². The minimum Gasteiger partial charge on any atom is -0.302 e. The molecule has 0 bridgehead atoms. The van der Waals surface area contributed by atoms with E-state index >= 15 is 0 Å². The summed E-state index contributed by atoms with van der Waals surface area (Å²) in [6, 6.07) is 8.91. The zero-order valence-electron chi connectivity index (χ0n) is 9.91. The van der Waals surface area contributed by atoms with Crippen molar-refractivity contribution in [2.75, 3.05) is 5.32 Å². The third-order valence-electron chi connectivity index (χ3n) is 2.23. The quantitative estimate of drug-likeness (QED) is 0.872. The molecule has 96 valence electrons. The van der Waals surface area contributed by atoms with E-state index in [0.29, 0.717) is 11.3 Å². The smallest absolute Gasteiger partial charge is 0.302 e. The highest BCUT2D eigenvalue weighted by molar-refractivity contribution is 7.18. The summed E-state index contributed by atoms with van der Waals surface area (Å²) in [5.41, 5.74) is 1.03. The Kier molecular flexibility index (Phi) is 3.76. The molecule has 6 nitrogen and oxygen atoms in total. The Bertz CT molecular complexity index is 637. The first-order valence-electron chi connectivity index (χ1n) is 5.33. The van der Waals surface area contributed by atoms with Gasteiger partial charge in [0.15, 0.2) is 5.13 Å². The number of benzene rings is 1. The van der Waals surface area contributed by atoms with Crippen molar-refractivity contribution in [2.45, 2.75) is 6.92 Å². The molecule has 1 heterocycles. The molecule has 0 spiro atoms. The second kappa shape index (κ2) is 5.49. The molecule has 0 radical (unpaired) electrons. The number of thiazole rings is 1. The van der Waals surface area contributed by atoms with Crippen molar-refractivity contribution in [3.63, 3.8) is 0 Å². The van der Waals surface area contributed by atoms with Crippen LogP contribution in [0.4, 0.5) is 5.13 Å². The monoisotopic (exact) mass is 275 g/mol. The van der Waals surface area contributed by atoms with Crippen molar-refractivity contribution in [1.82, 2.24) is 4.98 Å². The Labute approximate surface area is 112 Å². The number of nitrogens with zero attached hydrogens (tertiary/aromatic N) is 2. The summed E-state index contributed by atoms with van der Waals surface area (Å²) in [5, 5.41) is 5.16. The Morgan fingerprint density at radius 2 is 1.95 bits per heavy atom. The number of amides is 2. The van der Waals surface area contributed by atoms with Crippen LogP contribution in [0.25, 0.3) is 11.3 Å². The molecular formula is C12H9N3O3S. The normalized spacial score (nSPS) is 9.95. The predicted molar refractivity (Wildman–Crippen MR) is 72.0 cm³/mol. The Morgan fingerprint density at radius 1 is 1.26 bits per heavy atom. The molecule has 19 heavy (non-hydrogen) atoms. The minimum absolute atomic E-state index is 0.116. The van der Waals surface area contributed by atoms with Gasteiger partial charge in [0, 0.05) is 17.7 Å². The molecule has 0 saturated heterocycles. The van der Waals surface area contributed by atoms with Gasteiger partial charge in [0.1, 0.15) is 4.88 Å². The van der Waals surface area contributed by atoms with E-state index in [0.717, 1.165) is 11.3 Å². The average molecular weight is 275 g/mol. The van der Waals surface area contributed by atoms with Crippen LogP contribution < -0.4 is 5.32 Å². The van der Waals surface area contributed by atoms with Gasteiger partial charge < -0.3 is 5.32 Å². The van der Waals surface area contributed by atoms with E-state index in [9.17, 15) is 14.5 Å².